The number of carbonyl (C=O) groups is 1. The number of benzene rings is 6. The van der Waals surface area contributed by atoms with Crippen LogP contribution >= 0.6 is 0 Å². The minimum Gasteiger partial charge on any atom is -0.369 e. The van der Waals surface area contributed by atoms with Crippen LogP contribution in [0.15, 0.2) is 158 Å². The first-order valence-corrected chi connectivity index (χ1v) is 16.4. The molecular formula is C44H28N4O2. The summed E-state index contributed by atoms with van der Waals surface area (Å²) in [5, 5.41) is 23.5. The summed E-state index contributed by atoms with van der Waals surface area (Å²) in [7, 11) is 0. The second-order valence-electron chi connectivity index (χ2n) is 12.4. The fourth-order valence-electron chi connectivity index (χ4n) is 7.26. The van der Waals surface area contributed by atoms with Crippen LogP contribution in [0, 0.1) is 11.3 Å². The maximum absolute atomic E-state index is 14.8. The van der Waals surface area contributed by atoms with Gasteiger partial charge >= 0.3 is 0 Å². The van der Waals surface area contributed by atoms with Gasteiger partial charge in [0.1, 0.15) is 11.8 Å². The third kappa shape index (κ3) is 4.61. The number of anilines is 1. The van der Waals surface area contributed by atoms with Crippen molar-refractivity contribution in [1.82, 2.24) is 9.55 Å². The first kappa shape index (κ1) is 29.3. The van der Waals surface area contributed by atoms with Gasteiger partial charge in [-0.05, 0) is 59.2 Å². The predicted octanol–water partition coefficient (Wildman–Crippen LogP) is 9.70. The number of nitrogens with zero attached hydrogens (tertiary/aromatic N) is 4. The zero-order valence-corrected chi connectivity index (χ0v) is 26.7. The summed E-state index contributed by atoms with van der Waals surface area (Å²) < 4.78 is 2.10. The quantitative estimate of drug-likeness (QED) is 0.202. The first-order chi connectivity index (χ1) is 24.6. The van der Waals surface area contributed by atoms with Gasteiger partial charge in [-0.3, -0.25) is 9.69 Å². The van der Waals surface area contributed by atoms with Crippen LogP contribution in [0.1, 0.15) is 27.8 Å². The molecule has 2 aromatic heterocycles. The molecule has 1 aliphatic rings. The lowest BCUT2D eigenvalue weighted by Gasteiger charge is -2.25. The number of aliphatic hydroxyl groups excluding tert-OH is 1. The molecular weight excluding hydrogens is 617 g/mol. The molecule has 1 atom stereocenters. The molecule has 1 amide bonds. The van der Waals surface area contributed by atoms with E-state index in [-0.39, 0.29) is 5.91 Å². The van der Waals surface area contributed by atoms with Crippen LogP contribution in [-0.2, 0) is 0 Å². The number of hydrogen-bond donors (Lipinski definition) is 1. The van der Waals surface area contributed by atoms with Gasteiger partial charge in [0.05, 0.1) is 33.7 Å². The maximum Gasteiger partial charge on any atom is 0.263 e. The van der Waals surface area contributed by atoms with Crippen molar-refractivity contribution in [2.75, 3.05) is 4.90 Å². The van der Waals surface area contributed by atoms with Crippen molar-refractivity contribution in [2.24, 2.45) is 0 Å². The number of fused-ring (bicyclic) bond motifs is 4. The highest BCUT2D eigenvalue weighted by Gasteiger charge is 2.40. The van der Waals surface area contributed by atoms with Gasteiger partial charge in [0.2, 0.25) is 0 Å². The van der Waals surface area contributed by atoms with Gasteiger partial charge in [0.15, 0.2) is 6.23 Å². The summed E-state index contributed by atoms with van der Waals surface area (Å²) in [4.78, 5) is 20.9. The van der Waals surface area contributed by atoms with E-state index in [4.69, 9.17) is 0 Å². The van der Waals surface area contributed by atoms with Gasteiger partial charge in [-0.25, -0.2) is 4.98 Å². The SMILES string of the molecule is N#Cc1cccc(-c2ccc3c4ccccc4n(-c4cccc5c4C(=O)N(c4ccc(-c6ccccc6)cc4-c4ccccc4)C5O)c3c2)n1. The molecule has 6 aromatic carbocycles. The maximum atomic E-state index is 14.8. The Morgan fingerprint density at radius 3 is 2.10 bits per heavy atom. The van der Waals surface area contributed by atoms with Crippen LogP contribution in [0.2, 0.25) is 0 Å². The molecule has 1 N–H and O–H groups in total. The van der Waals surface area contributed by atoms with E-state index in [2.05, 4.69) is 52.0 Å². The van der Waals surface area contributed by atoms with Crippen LogP contribution in [0.25, 0.3) is 61.0 Å². The summed E-state index contributed by atoms with van der Waals surface area (Å²) in [6.45, 7) is 0. The number of nitriles is 1. The van der Waals surface area contributed by atoms with Crippen molar-refractivity contribution >= 4 is 33.4 Å². The lowest BCUT2D eigenvalue weighted by molar-refractivity contribution is 0.0935. The topological polar surface area (TPSA) is 82.2 Å². The number of para-hydroxylation sites is 1. The second kappa shape index (κ2) is 11.7. The highest BCUT2D eigenvalue weighted by atomic mass is 16.3. The van der Waals surface area contributed by atoms with Crippen molar-refractivity contribution in [1.29, 1.82) is 5.26 Å². The highest BCUT2D eigenvalue weighted by molar-refractivity contribution is 6.17. The standard InChI is InChI=1S/C44H28N4O2/c45-27-32-15-9-18-37(46-32)31-21-23-34-33-16-7-8-19-38(33)47(41(34)26-31)40-20-10-17-35-42(40)44(50)48(43(35)49)39-24-22-30(28-11-3-1-4-12-28)25-36(39)29-13-5-2-6-14-29/h1-26,43,49H. The largest absolute Gasteiger partial charge is 0.369 e. The van der Waals surface area contributed by atoms with E-state index in [0.717, 1.165) is 49.6 Å². The van der Waals surface area contributed by atoms with Crippen molar-refractivity contribution < 1.29 is 9.90 Å². The Morgan fingerprint density at radius 2 is 1.30 bits per heavy atom. The van der Waals surface area contributed by atoms with E-state index in [0.29, 0.717) is 33.9 Å². The lowest BCUT2D eigenvalue weighted by atomic mass is 9.96. The number of rotatable bonds is 5. The molecule has 0 bridgehead atoms. The number of pyridine rings is 1. The molecule has 50 heavy (non-hydrogen) atoms. The summed E-state index contributed by atoms with van der Waals surface area (Å²) >= 11 is 0. The average molecular weight is 645 g/mol. The molecule has 1 aliphatic heterocycles. The van der Waals surface area contributed by atoms with Gasteiger partial charge in [-0.2, -0.15) is 5.26 Å². The minimum atomic E-state index is -1.19. The fourth-order valence-corrected chi connectivity index (χ4v) is 7.26. The Bertz CT molecular complexity index is 2660. The van der Waals surface area contributed by atoms with Crippen molar-refractivity contribution in [2.45, 2.75) is 6.23 Å². The van der Waals surface area contributed by atoms with Crippen LogP contribution in [0.5, 0.6) is 0 Å². The summed E-state index contributed by atoms with van der Waals surface area (Å²) in [5.41, 5.74) is 9.88. The van der Waals surface area contributed by atoms with Crippen molar-refractivity contribution in [3.05, 3.63) is 175 Å². The predicted molar refractivity (Wildman–Crippen MR) is 198 cm³/mol. The van der Waals surface area contributed by atoms with Crippen LogP contribution in [0.3, 0.4) is 0 Å². The number of amides is 1. The fraction of sp³-hybridized carbons (Fsp3) is 0.0227. The zero-order valence-electron chi connectivity index (χ0n) is 26.7. The Labute approximate surface area is 288 Å². The van der Waals surface area contributed by atoms with Crippen LogP contribution in [-0.4, -0.2) is 20.6 Å². The van der Waals surface area contributed by atoms with Gasteiger partial charge in [0.25, 0.3) is 5.91 Å². The molecule has 0 saturated heterocycles. The second-order valence-corrected chi connectivity index (χ2v) is 12.4. The lowest BCUT2D eigenvalue weighted by Crippen LogP contribution is -2.28. The van der Waals surface area contributed by atoms with E-state index in [1.54, 1.807) is 6.07 Å². The number of aromatic nitrogens is 2. The molecule has 0 aliphatic carbocycles. The average Bonchev–Trinajstić information content (AvgIpc) is 3.65. The van der Waals surface area contributed by atoms with E-state index in [1.165, 1.54) is 4.90 Å². The van der Waals surface area contributed by atoms with Gasteiger partial charge in [-0.1, -0.05) is 115 Å². The smallest absolute Gasteiger partial charge is 0.263 e. The number of carbonyl (C=O) groups excluding carboxylic acids is 1. The molecule has 9 rings (SSSR count). The van der Waals surface area contributed by atoms with Gasteiger partial charge < -0.3 is 9.67 Å². The van der Waals surface area contributed by atoms with E-state index >= 15 is 0 Å². The Kier molecular flexibility index (Phi) is 6.87. The summed E-state index contributed by atoms with van der Waals surface area (Å²) in [6.07, 6.45) is -1.19. The van der Waals surface area contributed by atoms with Gasteiger partial charge in [0, 0.05) is 27.5 Å². The Morgan fingerprint density at radius 1 is 0.600 bits per heavy atom. The summed E-state index contributed by atoms with van der Waals surface area (Å²) in [6, 6.07) is 53.6. The molecule has 0 saturated carbocycles. The van der Waals surface area contributed by atoms with E-state index < -0.39 is 6.23 Å². The molecule has 0 fully saturated rings. The molecule has 0 spiro atoms. The molecule has 3 heterocycles. The number of aliphatic hydroxyl groups is 1. The molecule has 1 unspecified atom stereocenters. The van der Waals surface area contributed by atoms with Crippen LogP contribution < -0.4 is 4.90 Å². The van der Waals surface area contributed by atoms with E-state index in [1.807, 2.05) is 115 Å². The molecule has 6 heteroatoms. The van der Waals surface area contributed by atoms with Crippen LogP contribution in [0.4, 0.5) is 5.69 Å². The third-order valence-corrected chi connectivity index (χ3v) is 9.55. The van der Waals surface area contributed by atoms with E-state index in [9.17, 15) is 15.2 Å². The summed E-state index contributed by atoms with van der Waals surface area (Å²) in [5.74, 6) is -0.279. The van der Waals surface area contributed by atoms with Gasteiger partial charge in [-0.15, -0.1) is 0 Å². The first-order valence-electron chi connectivity index (χ1n) is 16.4. The molecule has 236 valence electrons. The Balaban J connectivity index is 1.23. The third-order valence-electron chi connectivity index (χ3n) is 9.55. The van der Waals surface area contributed by atoms with Crippen molar-refractivity contribution in [3.8, 4) is 45.3 Å². The minimum absolute atomic E-state index is 0.279. The molecule has 0 radical (unpaired) electrons. The number of hydrogen-bond acceptors (Lipinski definition) is 4. The zero-order chi connectivity index (χ0) is 33.8. The normalized spacial score (nSPS) is 13.9. The Hall–Kier alpha value is -6.81. The monoisotopic (exact) mass is 644 g/mol. The highest BCUT2D eigenvalue weighted by Crippen LogP contribution is 2.45. The van der Waals surface area contributed by atoms with Crippen molar-refractivity contribution in [3.63, 3.8) is 0 Å². The molecule has 8 aromatic rings. The molecule has 6 nitrogen and oxygen atoms in total.